The van der Waals surface area contributed by atoms with Crippen molar-refractivity contribution < 1.29 is 4.79 Å². The van der Waals surface area contributed by atoms with Crippen LogP contribution in [0.1, 0.15) is 61.8 Å². The summed E-state index contributed by atoms with van der Waals surface area (Å²) in [6, 6.07) is 6.21. The highest BCUT2D eigenvalue weighted by Gasteiger charge is 2.61. The van der Waals surface area contributed by atoms with Crippen LogP contribution < -0.4 is 5.32 Å². The molecule has 1 N–H and O–H groups in total. The number of hydrogen-bond donors (Lipinski definition) is 1. The molecule has 26 heavy (non-hydrogen) atoms. The topological polar surface area (TPSA) is 46.9 Å². The molecule has 3 atom stereocenters. The number of nitrogens with one attached hydrogen (secondary N) is 1. The van der Waals surface area contributed by atoms with Crippen LogP contribution in [0.2, 0.25) is 0 Å². The molecule has 3 unspecified atom stereocenters. The van der Waals surface area contributed by atoms with Crippen molar-refractivity contribution in [1.29, 1.82) is 0 Å². The molecule has 2 saturated carbocycles. The summed E-state index contributed by atoms with van der Waals surface area (Å²) < 4.78 is 2.11. The van der Waals surface area contributed by atoms with E-state index in [0.717, 1.165) is 35.0 Å². The van der Waals surface area contributed by atoms with E-state index < -0.39 is 0 Å². The van der Waals surface area contributed by atoms with Crippen LogP contribution in [0.25, 0.3) is 5.69 Å². The van der Waals surface area contributed by atoms with E-state index in [1.165, 1.54) is 12.8 Å². The lowest BCUT2D eigenvalue weighted by Gasteiger charge is -2.39. The Labute approximate surface area is 156 Å². The third kappa shape index (κ3) is 2.27. The Morgan fingerprint density at radius 1 is 1.31 bits per heavy atom. The van der Waals surface area contributed by atoms with Crippen molar-refractivity contribution in [2.75, 3.05) is 0 Å². The molecule has 138 valence electrons. The predicted molar refractivity (Wildman–Crippen MR) is 104 cm³/mol. The maximum atomic E-state index is 13.1. The predicted octanol–water partition coefficient (Wildman–Crippen LogP) is 4.43. The zero-order valence-electron chi connectivity index (χ0n) is 16.5. The standard InChI is InChI=1S/C22H29N3O/c1-14-11-18(15(2)25(14)17-7-6-10-23-13-17)20(26)24-19-12-16-8-9-22(19,5)21(16,3)4/h6-7,10-11,13,16,19H,8-9,12H2,1-5H3,(H,24,26). The largest absolute Gasteiger partial charge is 0.349 e. The first-order valence-corrected chi connectivity index (χ1v) is 9.66. The molecular weight excluding hydrogens is 322 g/mol. The minimum absolute atomic E-state index is 0.0582. The third-order valence-corrected chi connectivity index (χ3v) is 7.68. The summed E-state index contributed by atoms with van der Waals surface area (Å²) in [5, 5.41) is 3.39. The van der Waals surface area contributed by atoms with E-state index in [1.54, 1.807) is 6.20 Å². The monoisotopic (exact) mass is 351 g/mol. The number of carbonyl (C=O) groups excluding carboxylic acids is 1. The zero-order chi connectivity index (χ0) is 18.7. The first-order valence-electron chi connectivity index (χ1n) is 9.66. The fourth-order valence-corrected chi connectivity index (χ4v) is 5.53. The minimum Gasteiger partial charge on any atom is -0.349 e. The molecule has 2 aromatic rings. The molecule has 2 aliphatic rings. The summed E-state index contributed by atoms with van der Waals surface area (Å²) in [5.41, 5.74) is 4.30. The van der Waals surface area contributed by atoms with Crippen molar-refractivity contribution in [3.63, 3.8) is 0 Å². The molecule has 0 saturated heterocycles. The number of nitrogens with zero attached hydrogens (tertiary/aromatic N) is 2. The third-order valence-electron chi connectivity index (χ3n) is 7.68. The molecule has 0 radical (unpaired) electrons. The van der Waals surface area contributed by atoms with E-state index >= 15 is 0 Å². The van der Waals surface area contributed by atoms with Gasteiger partial charge in [-0.25, -0.2) is 0 Å². The summed E-state index contributed by atoms with van der Waals surface area (Å²) >= 11 is 0. The number of fused-ring (bicyclic) bond motifs is 2. The number of amides is 1. The van der Waals surface area contributed by atoms with Crippen molar-refractivity contribution >= 4 is 5.91 Å². The lowest BCUT2D eigenvalue weighted by atomic mass is 9.69. The van der Waals surface area contributed by atoms with Crippen LogP contribution in [0, 0.1) is 30.6 Å². The van der Waals surface area contributed by atoms with Gasteiger partial charge in [-0.05, 0) is 68.1 Å². The molecule has 2 bridgehead atoms. The van der Waals surface area contributed by atoms with Crippen LogP contribution in [0.5, 0.6) is 0 Å². The van der Waals surface area contributed by atoms with Gasteiger partial charge in [0.2, 0.25) is 0 Å². The van der Waals surface area contributed by atoms with Gasteiger partial charge in [-0.3, -0.25) is 9.78 Å². The lowest BCUT2D eigenvalue weighted by molar-refractivity contribution is 0.0825. The first-order chi connectivity index (χ1) is 12.3. The van der Waals surface area contributed by atoms with Crippen LogP contribution in [0.4, 0.5) is 0 Å². The van der Waals surface area contributed by atoms with Crippen molar-refractivity contribution in [2.45, 2.75) is 59.9 Å². The number of carbonyl (C=O) groups is 1. The highest BCUT2D eigenvalue weighted by atomic mass is 16.1. The maximum absolute atomic E-state index is 13.1. The van der Waals surface area contributed by atoms with Crippen LogP contribution in [0.3, 0.4) is 0 Å². The van der Waals surface area contributed by atoms with E-state index in [2.05, 4.69) is 35.6 Å². The molecule has 2 fully saturated rings. The van der Waals surface area contributed by atoms with Crippen molar-refractivity contribution in [3.8, 4) is 5.69 Å². The van der Waals surface area contributed by atoms with Gasteiger partial charge in [-0.15, -0.1) is 0 Å². The van der Waals surface area contributed by atoms with Crippen molar-refractivity contribution in [1.82, 2.24) is 14.9 Å². The Bertz CT molecular complexity index is 852. The Morgan fingerprint density at radius 2 is 2.08 bits per heavy atom. The molecule has 2 aliphatic carbocycles. The normalized spacial score (nSPS) is 29.1. The number of pyridine rings is 1. The van der Waals surface area contributed by atoms with Crippen molar-refractivity contribution in [2.24, 2.45) is 16.7 Å². The van der Waals surface area contributed by atoms with Crippen LogP contribution in [0.15, 0.2) is 30.6 Å². The summed E-state index contributed by atoms with van der Waals surface area (Å²) in [4.78, 5) is 17.3. The molecule has 0 aliphatic heterocycles. The van der Waals surface area contributed by atoms with Gasteiger partial charge >= 0.3 is 0 Å². The Kier molecular flexibility index (Phi) is 3.80. The molecule has 0 aromatic carbocycles. The molecule has 1 amide bonds. The summed E-state index contributed by atoms with van der Waals surface area (Å²) in [5.74, 6) is 0.781. The second-order valence-electron chi connectivity index (χ2n) is 8.97. The Hall–Kier alpha value is -2.10. The first kappa shape index (κ1) is 17.3. The highest BCUT2D eigenvalue weighted by Crippen LogP contribution is 2.65. The van der Waals surface area contributed by atoms with Gasteiger partial charge in [0.15, 0.2) is 0 Å². The SMILES string of the molecule is Cc1cc(C(=O)NC2CC3CCC2(C)C3(C)C)c(C)n1-c1cccnc1. The van der Waals surface area contributed by atoms with Gasteiger partial charge < -0.3 is 9.88 Å². The Balaban J connectivity index is 1.61. The van der Waals surface area contributed by atoms with Gasteiger partial charge in [-0.2, -0.15) is 0 Å². The molecular formula is C22H29N3O. The molecule has 4 rings (SSSR count). The second-order valence-corrected chi connectivity index (χ2v) is 8.97. The van der Waals surface area contributed by atoms with Crippen LogP contribution in [-0.2, 0) is 0 Å². The van der Waals surface area contributed by atoms with Gasteiger partial charge in [0.25, 0.3) is 5.91 Å². The summed E-state index contributed by atoms with van der Waals surface area (Å²) in [7, 11) is 0. The average Bonchev–Trinajstić information content (AvgIpc) is 3.09. The fourth-order valence-electron chi connectivity index (χ4n) is 5.53. The maximum Gasteiger partial charge on any atom is 0.253 e. The molecule has 4 nitrogen and oxygen atoms in total. The fraction of sp³-hybridized carbons (Fsp3) is 0.545. The van der Waals surface area contributed by atoms with E-state index in [4.69, 9.17) is 0 Å². The Morgan fingerprint density at radius 3 is 2.65 bits per heavy atom. The van der Waals surface area contributed by atoms with Gasteiger partial charge in [0.1, 0.15) is 0 Å². The van der Waals surface area contributed by atoms with E-state index in [0.29, 0.717) is 5.41 Å². The molecule has 4 heteroatoms. The molecule has 2 aromatic heterocycles. The smallest absolute Gasteiger partial charge is 0.253 e. The van der Waals surface area contributed by atoms with Crippen molar-refractivity contribution in [3.05, 3.63) is 47.5 Å². The second kappa shape index (κ2) is 5.70. The quantitative estimate of drug-likeness (QED) is 0.889. The highest BCUT2D eigenvalue weighted by molar-refractivity contribution is 5.96. The summed E-state index contributed by atoms with van der Waals surface area (Å²) in [6.45, 7) is 11.2. The van der Waals surface area contributed by atoms with Gasteiger partial charge in [-0.1, -0.05) is 20.8 Å². The minimum atomic E-state index is 0.0582. The number of hydrogen-bond acceptors (Lipinski definition) is 2. The van der Waals surface area contributed by atoms with Gasteiger partial charge in [0.05, 0.1) is 17.4 Å². The average molecular weight is 351 g/mol. The van der Waals surface area contributed by atoms with E-state index in [-0.39, 0.29) is 17.4 Å². The number of aryl methyl sites for hydroxylation is 1. The summed E-state index contributed by atoms with van der Waals surface area (Å²) in [6.07, 6.45) is 7.22. The molecule has 2 heterocycles. The van der Waals surface area contributed by atoms with Crippen LogP contribution >= 0.6 is 0 Å². The number of aromatic nitrogens is 2. The van der Waals surface area contributed by atoms with E-state index in [9.17, 15) is 4.79 Å². The van der Waals surface area contributed by atoms with Crippen LogP contribution in [-0.4, -0.2) is 21.5 Å². The van der Waals surface area contributed by atoms with E-state index in [1.807, 2.05) is 38.2 Å². The number of rotatable bonds is 3. The molecule has 0 spiro atoms. The lowest BCUT2D eigenvalue weighted by Crippen LogP contribution is -2.46. The zero-order valence-corrected chi connectivity index (χ0v) is 16.5. The van der Waals surface area contributed by atoms with Gasteiger partial charge in [0, 0.05) is 23.6 Å².